The fourth-order valence-corrected chi connectivity index (χ4v) is 4.20. The van der Waals surface area contributed by atoms with Crippen LogP contribution in [0, 0.1) is 0 Å². The average Bonchev–Trinajstić information content (AvgIpc) is 2.94. The number of urea groups is 1. The van der Waals surface area contributed by atoms with Gasteiger partial charge in [0, 0.05) is 11.6 Å². The Labute approximate surface area is 188 Å². The molecular weight excluding hydrogens is 447 g/mol. The van der Waals surface area contributed by atoms with E-state index in [2.05, 4.69) is 0 Å². The van der Waals surface area contributed by atoms with Crippen LogP contribution in [-0.4, -0.2) is 62.0 Å². The van der Waals surface area contributed by atoms with E-state index in [-0.39, 0.29) is 22.8 Å². The second-order valence-electron chi connectivity index (χ2n) is 7.87. The molecule has 4 amide bonds. The number of benzene rings is 1. The van der Waals surface area contributed by atoms with Crippen molar-refractivity contribution in [2.75, 3.05) is 21.3 Å². The third kappa shape index (κ3) is 4.38. The number of methoxy groups -OCH3 is 3. The minimum atomic E-state index is -5.30. The molecule has 1 aromatic rings. The van der Waals surface area contributed by atoms with E-state index in [4.69, 9.17) is 14.2 Å². The predicted molar refractivity (Wildman–Crippen MR) is 109 cm³/mol. The third-order valence-corrected chi connectivity index (χ3v) is 5.90. The number of nitrogens with zero attached hydrogens (tertiary/aromatic N) is 1. The molecule has 0 unspecified atom stereocenters. The van der Waals surface area contributed by atoms with E-state index in [1.807, 2.05) is 0 Å². The van der Waals surface area contributed by atoms with Crippen molar-refractivity contribution in [2.24, 2.45) is 0 Å². The summed E-state index contributed by atoms with van der Waals surface area (Å²) in [4.78, 5) is 39.1. The molecule has 33 heavy (non-hydrogen) atoms. The van der Waals surface area contributed by atoms with Gasteiger partial charge < -0.3 is 19.5 Å². The van der Waals surface area contributed by atoms with E-state index < -0.39 is 35.7 Å². The first-order chi connectivity index (χ1) is 15.6. The van der Waals surface area contributed by atoms with Crippen LogP contribution in [0.15, 0.2) is 12.1 Å². The van der Waals surface area contributed by atoms with Gasteiger partial charge in [0.25, 0.3) is 17.5 Å². The molecule has 1 saturated carbocycles. The van der Waals surface area contributed by atoms with Gasteiger partial charge in [-0.3, -0.25) is 19.8 Å². The van der Waals surface area contributed by atoms with Crippen LogP contribution in [0.4, 0.5) is 18.0 Å². The molecule has 2 aliphatic rings. The van der Waals surface area contributed by atoms with Crippen LogP contribution in [0.2, 0.25) is 0 Å². The van der Waals surface area contributed by atoms with Gasteiger partial charge in [-0.2, -0.15) is 13.2 Å². The molecule has 9 nitrogen and oxygen atoms in total. The summed E-state index contributed by atoms with van der Waals surface area (Å²) in [6.07, 6.45) is -1.33. The monoisotopic (exact) mass is 473 g/mol. The van der Waals surface area contributed by atoms with Crippen molar-refractivity contribution in [1.29, 1.82) is 0 Å². The molecule has 3 rings (SSSR count). The van der Waals surface area contributed by atoms with Gasteiger partial charge in [-0.25, -0.2) is 4.79 Å². The van der Waals surface area contributed by atoms with E-state index >= 15 is 0 Å². The summed E-state index contributed by atoms with van der Waals surface area (Å²) >= 11 is 0. The number of amides is 4. The number of rotatable bonds is 6. The Kier molecular flexibility index (Phi) is 6.94. The molecule has 182 valence electrons. The molecule has 1 saturated heterocycles. The highest BCUT2D eigenvalue weighted by atomic mass is 19.4. The van der Waals surface area contributed by atoms with Crippen LogP contribution in [0.1, 0.15) is 48.9 Å². The number of alkyl halides is 3. The smallest absolute Gasteiger partial charge is 0.440 e. The molecule has 1 aliphatic heterocycles. The Bertz CT molecular complexity index is 905. The summed E-state index contributed by atoms with van der Waals surface area (Å²) in [5.74, 6) is -2.61. The van der Waals surface area contributed by atoms with E-state index in [0.717, 1.165) is 25.0 Å². The van der Waals surface area contributed by atoms with Crippen LogP contribution in [0.3, 0.4) is 0 Å². The summed E-state index contributed by atoms with van der Waals surface area (Å²) in [7, 11) is 3.89. The number of hydrogen-bond donors (Lipinski definition) is 2. The van der Waals surface area contributed by atoms with Crippen molar-refractivity contribution in [3.8, 4) is 17.2 Å². The lowest BCUT2D eigenvalue weighted by molar-refractivity contribution is -0.200. The standard InChI is InChI=1S/C21H26F3N3O6/c1-31-14-10-12(11-15(32-2)16(14)33-3)17(28)25-20(21(22,23)24)18(29)27(19(30)26-20)13-8-6-4-5-7-9-13/h10-11,13H,4-9H2,1-3H3,(H,25,28)(H,26,30)/t20-/m1/s1. The van der Waals surface area contributed by atoms with Gasteiger partial charge in [-0.1, -0.05) is 25.7 Å². The molecular formula is C21H26F3N3O6. The second kappa shape index (κ2) is 9.36. The van der Waals surface area contributed by atoms with Gasteiger partial charge in [-0.15, -0.1) is 0 Å². The number of hydrogen-bond acceptors (Lipinski definition) is 6. The van der Waals surface area contributed by atoms with Crippen molar-refractivity contribution >= 4 is 17.8 Å². The van der Waals surface area contributed by atoms with Crippen molar-refractivity contribution in [3.63, 3.8) is 0 Å². The highest BCUT2D eigenvalue weighted by molar-refractivity contribution is 6.10. The maximum absolute atomic E-state index is 14.2. The Morgan fingerprint density at radius 3 is 2.03 bits per heavy atom. The van der Waals surface area contributed by atoms with Crippen molar-refractivity contribution in [2.45, 2.75) is 56.4 Å². The van der Waals surface area contributed by atoms with Crippen LogP contribution in [-0.2, 0) is 4.79 Å². The molecule has 1 atom stereocenters. The summed E-state index contributed by atoms with van der Waals surface area (Å²) < 4.78 is 58.0. The van der Waals surface area contributed by atoms with Crippen molar-refractivity contribution in [1.82, 2.24) is 15.5 Å². The minimum absolute atomic E-state index is 0.0323. The zero-order valence-corrected chi connectivity index (χ0v) is 18.5. The Morgan fingerprint density at radius 2 is 1.58 bits per heavy atom. The number of carbonyl (C=O) groups is 3. The predicted octanol–water partition coefficient (Wildman–Crippen LogP) is 2.98. The molecule has 0 aromatic heterocycles. The van der Waals surface area contributed by atoms with Gasteiger partial charge in [0.05, 0.1) is 21.3 Å². The third-order valence-electron chi connectivity index (χ3n) is 5.90. The first-order valence-corrected chi connectivity index (χ1v) is 10.4. The van der Waals surface area contributed by atoms with Gasteiger partial charge in [0.1, 0.15) is 0 Å². The summed E-state index contributed by atoms with van der Waals surface area (Å²) in [5.41, 5.74) is -3.88. The molecule has 0 spiro atoms. The zero-order chi connectivity index (χ0) is 24.4. The Hall–Kier alpha value is -3.18. The lowest BCUT2D eigenvalue weighted by atomic mass is 10.0. The topological polar surface area (TPSA) is 106 Å². The van der Waals surface area contributed by atoms with E-state index in [0.29, 0.717) is 30.6 Å². The molecule has 2 fully saturated rings. The van der Waals surface area contributed by atoms with Gasteiger partial charge in [0.2, 0.25) is 5.75 Å². The lowest BCUT2D eigenvalue weighted by Crippen LogP contribution is -2.69. The molecule has 1 aliphatic carbocycles. The lowest BCUT2D eigenvalue weighted by Gasteiger charge is -2.31. The summed E-state index contributed by atoms with van der Waals surface area (Å²) in [5, 5.41) is 3.41. The van der Waals surface area contributed by atoms with E-state index in [1.165, 1.54) is 21.3 Å². The molecule has 0 bridgehead atoms. The summed E-state index contributed by atoms with van der Waals surface area (Å²) in [6, 6.07) is 0.438. The first kappa shape index (κ1) is 24.5. The highest BCUT2D eigenvalue weighted by Gasteiger charge is 2.69. The number of ether oxygens (including phenoxy) is 3. The molecule has 12 heteroatoms. The maximum Gasteiger partial charge on any atom is 0.440 e. The fraction of sp³-hybridized carbons (Fsp3) is 0.571. The normalized spacial score (nSPS) is 21.9. The quantitative estimate of drug-likeness (QED) is 0.486. The van der Waals surface area contributed by atoms with Crippen molar-refractivity contribution < 1.29 is 41.8 Å². The Balaban J connectivity index is 1.97. The average molecular weight is 473 g/mol. The van der Waals surface area contributed by atoms with Crippen LogP contribution < -0.4 is 24.8 Å². The van der Waals surface area contributed by atoms with Crippen molar-refractivity contribution in [3.05, 3.63) is 17.7 Å². The molecule has 2 N–H and O–H groups in total. The highest BCUT2D eigenvalue weighted by Crippen LogP contribution is 2.40. The first-order valence-electron chi connectivity index (χ1n) is 10.4. The van der Waals surface area contributed by atoms with Crippen LogP contribution >= 0.6 is 0 Å². The van der Waals surface area contributed by atoms with Crippen LogP contribution in [0.5, 0.6) is 17.2 Å². The van der Waals surface area contributed by atoms with E-state index in [1.54, 1.807) is 10.6 Å². The SMILES string of the molecule is COc1cc(C(=O)N[C@@]2(C(F)(F)F)NC(=O)N(C3CCCCCC3)C2=O)cc(OC)c1OC. The summed E-state index contributed by atoms with van der Waals surface area (Å²) in [6.45, 7) is 0. The fourth-order valence-electron chi connectivity index (χ4n) is 4.20. The largest absolute Gasteiger partial charge is 0.493 e. The molecule has 1 aromatic carbocycles. The van der Waals surface area contributed by atoms with E-state index in [9.17, 15) is 27.6 Å². The number of halogens is 3. The second-order valence-corrected chi connectivity index (χ2v) is 7.87. The maximum atomic E-state index is 14.2. The van der Waals surface area contributed by atoms with Gasteiger partial charge in [0.15, 0.2) is 11.5 Å². The number of nitrogens with one attached hydrogen (secondary N) is 2. The van der Waals surface area contributed by atoms with Gasteiger partial charge >= 0.3 is 12.2 Å². The number of carbonyl (C=O) groups excluding carboxylic acids is 3. The van der Waals surface area contributed by atoms with Gasteiger partial charge in [-0.05, 0) is 25.0 Å². The number of imide groups is 1. The minimum Gasteiger partial charge on any atom is -0.493 e. The molecule has 1 heterocycles. The molecule has 0 radical (unpaired) electrons. The Morgan fingerprint density at radius 1 is 1.03 bits per heavy atom. The zero-order valence-electron chi connectivity index (χ0n) is 18.5. The van der Waals surface area contributed by atoms with Crippen LogP contribution in [0.25, 0.3) is 0 Å².